The van der Waals surface area contributed by atoms with Crippen molar-refractivity contribution in [3.8, 4) is 5.75 Å². The highest BCUT2D eigenvalue weighted by Gasteiger charge is 2.31. The minimum Gasteiger partial charge on any atom is -0.495 e. The summed E-state index contributed by atoms with van der Waals surface area (Å²) in [7, 11) is 1.62. The van der Waals surface area contributed by atoms with Gasteiger partial charge >= 0.3 is 0 Å². The van der Waals surface area contributed by atoms with E-state index in [2.05, 4.69) is 28.6 Å². The van der Waals surface area contributed by atoms with Crippen LogP contribution in [0.4, 0.5) is 5.69 Å². The fourth-order valence-corrected chi connectivity index (χ4v) is 2.73. The Hall–Kier alpha value is -0.680. The molecule has 1 aromatic carbocycles. The lowest BCUT2D eigenvalue weighted by Gasteiger charge is -2.20. The Labute approximate surface area is 121 Å². The van der Waals surface area contributed by atoms with Crippen molar-refractivity contribution >= 4 is 40.2 Å². The Balaban J connectivity index is 2.38. The quantitative estimate of drug-likeness (QED) is 0.864. The third kappa shape index (κ3) is 2.52. The molecule has 0 N–H and O–H groups in total. The zero-order valence-electron chi connectivity index (χ0n) is 10.4. The normalized spacial score (nSPS) is 19.4. The van der Waals surface area contributed by atoms with E-state index in [1.54, 1.807) is 12.0 Å². The number of carbonyl (C=O) groups is 1. The maximum absolute atomic E-state index is 12.0. The number of halogens is 1. The molecule has 0 aromatic heterocycles. The Morgan fingerprint density at radius 1 is 1.56 bits per heavy atom. The van der Waals surface area contributed by atoms with E-state index in [0.29, 0.717) is 12.3 Å². The lowest BCUT2D eigenvalue weighted by Crippen LogP contribution is -2.25. The summed E-state index contributed by atoms with van der Waals surface area (Å²) in [5, 5.41) is 0. The van der Waals surface area contributed by atoms with E-state index in [4.69, 9.17) is 4.74 Å². The first-order chi connectivity index (χ1) is 8.56. The van der Waals surface area contributed by atoms with E-state index >= 15 is 0 Å². The van der Waals surface area contributed by atoms with Crippen molar-refractivity contribution in [1.29, 1.82) is 0 Å². The highest BCUT2D eigenvalue weighted by molar-refractivity contribution is 9.10. The number of methoxy groups -OCH3 is 1. The van der Waals surface area contributed by atoms with Crippen LogP contribution in [0.25, 0.3) is 0 Å². The molecular formula is C13H16BrNO2S. The van der Waals surface area contributed by atoms with Crippen LogP contribution in [0.5, 0.6) is 5.75 Å². The Morgan fingerprint density at radius 3 is 2.83 bits per heavy atom. The van der Waals surface area contributed by atoms with Gasteiger partial charge in [-0.2, -0.15) is 12.6 Å². The molecule has 98 valence electrons. The number of carbonyl (C=O) groups excluding carboxylic acids is 1. The minimum atomic E-state index is 0.147. The number of hydrogen-bond donors (Lipinski definition) is 1. The molecule has 2 rings (SSSR count). The molecule has 0 bridgehead atoms. The molecule has 5 heteroatoms. The maximum Gasteiger partial charge on any atom is 0.227 e. The number of amides is 1. The number of ether oxygens (including phenoxy) is 1. The second kappa shape index (κ2) is 5.53. The van der Waals surface area contributed by atoms with Crippen molar-refractivity contribution in [3.63, 3.8) is 0 Å². The number of thiol groups is 1. The van der Waals surface area contributed by atoms with Crippen LogP contribution in [0, 0.1) is 12.8 Å². The number of rotatable bonds is 3. The maximum atomic E-state index is 12.0. The van der Waals surface area contributed by atoms with E-state index in [0.717, 1.165) is 33.8 Å². The molecule has 1 heterocycles. The summed E-state index contributed by atoms with van der Waals surface area (Å²) in [5.74, 6) is 1.93. The zero-order chi connectivity index (χ0) is 13.3. The third-order valence-corrected chi connectivity index (χ3v) is 4.58. The van der Waals surface area contributed by atoms with Gasteiger partial charge in [0, 0.05) is 17.4 Å². The average Bonchev–Trinajstić information content (AvgIpc) is 2.73. The molecule has 0 radical (unpaired) electrons. The first-order valence-corrected chi connectivity index (χ1v) is 7.24. The first kappa shape index (κ1) is 13.7. The van der Waals surface area contributed by atoms with Gasteiger partial charge < -0.3 is 9.64 Å². The van der Waals surface area contributed by atoms with E-state index in [9.17, 15) is 4.79 Å². The number of benzene rings is 1. The summed E-state index contributed by atoms with van der Waals surface area (Å²) >= 11 is 7.75. The fourth-order valence-electron chi connectivity index (χ4n) is 2.16. The lowest BCUT2D eigenvalue weighted by molar-refractivity contribution is -0.117. The molecule has 1 aliphatic rings. The molecule has 1 amide bonds. The monoisotopic (exact) mass is 329 g/mol. The van der Waals surface area contributed by atoms with Crippen LogP contribution >= 0.6 is 28.6 Å². The fraction of sp³-hybridized carbons (Fsp3) is 0.462. The second-order valence-electron chi connectivity index (χ2n) is 4.53. The minimum absolute atomic E-state index is 0.147. The SMILES string of the molecule is COc1cc(Br)c(C)cc1N1CC(CS)CC1=O. The van der Waals surface area contributed by atoms with Gasteiger partial charge in [-0.1, -0.05) is 15.9 Å². The Morgan fingerprint density at radius 2 is 2.28 bits per heavy atom. The largest absolute Gasteiger partial charge is 0.495 e. The number of hydrogen-bond acceptors (Lipinski definition) is 3. The van der Waals surface area contributed by atoms with Gasteiger partial charge in [0.05, 0.1) is 12.8 Å². The molecule has 3 nitrogen and oxygen atoms in total. The summed E-state index contributed by atoms with van der Waals surface area (Å²) in [6, 6.07) is 3.90. The van der Waals surface area contributed by atoms with Crippen LogP contribution in [0.1, 0.15) is 12.0 Å². The summed E-state index contributed by atoms with van der Waals surface area (Å²) in [4.78, 5) is 13.8. The van der Waals surface area contributed by atoms with E-state index in [-0.39, 0.29) is 5.91 Å². The molecule has 18 heavy (non-hydrogen) atoms. The zero-order valence-corrected chi connectivity index (χ0v) is 12.9. The summed E-state index contributed by atoms with van der Waals surface area (Å²) < 4.78 is 6.35. The smallest absolute Gasteiger partial charge is 0.227 e. The van der Waals surface area contributed by atoms with Crippen LogP contribution < -0.4 is 9.64 Å². The summed E-state index contributed by atoms with van der Waals surface area (Å²) in [6.07, 6.45) is 0.571. The Bertz CT molecular complexity index is 478. The standard InChI is InChI=1S/C13H16BrNO2S/c1-8-3-11(12(17-2)5-10(8)14)15-6-9(7-18)4-13(15)16/h3,5,9,18H,4,6-7H2,1-2H3. The van der Waals surface area contributed by atoms with Gasteiger partial charge in [-0.05, 0) is 36.3 Å². The predicted molar refractivity (Wildman–Crippen MR) is 79.7 cm³/mol. The van der Waals surface area contributed by atoms with Gasteiger partial charge in [-0.25, -0.2) is 0 Å². The molecule has 1 fully saturated rings. The lowest BCUT2D eigenvalue weighted by atomic mass is 10.1. The second-order valence-corrected chi connectivity index (χ2v) is 5.75. The number of nitrogens with zero attached hydrogens (tertiary/aromatic N) is 1. The number of aryl methyl sites for hydroxylation is 1. The van der Waals surface area contributed by atoms with E-state index < -0.39 is 0 Å². The molecular weight excluding hydrogens is 314 g/mol. The van der Waals surface area contributed by atoms with Crippen LogP contribution in [0.2, 0.25) is 0 Å². The van der Waals surface area contributed by atoms with Crippen molar-refractivity contribution in [1.82, 2.24) is 0 Å². The van der Waals surface area contributed by atoms with Gasteiger partial charge in [-0.15, -0.1) is 0 Å². The summed E-state index contributed by atoms with van der Waals surface area (Å²) in [6.45, 7) is 2.73. The predicted octanol–water partition coefficient (Wildman–Crippen LogP) is 3.05. The van der Waals surface area contributed by atoms with Crippen molar-refractivity contribution in [2.75, 3.05) is 24.3 Å². The highest BCUT2D eigenvalue weighted by atomic mass is 79.9. The van der Waals surface area contributed by atoms with Crippen molar-refractivity contribution < 1.29 is 9.53 Å². The molecule has 0 aliphatic carbocycles. The van der Waals surface area contributed by atoms with Gasteiger partial charge in [0.2, 0.25) is 5.91 Å². The van der Waals surface area contributed by atoms with Crippen LogP contribution in [0.3, 0.4) is 0 Å². The molecule has 0 spiro atoms. The van der Waals surface area contributed by atoms with E-state index in [1.165, 1.54) is 0 Å². The topological polar surface area (TPSA) is 29.5 Å². The van der Waals surface area contributed by atoms with Crippen LogP contribution in [-0.2, 0) is 4.79 Å². The van der Waals surface area contributed by atoms with Crippen molar-refractivity contribution in [2.24, 2.45) is 5.92 Å². The van der Waals surface area contributed by atoms with Gasteiger partial charge in [0.25, 0.3) is 0 Å². The van der Waals surface area contributed by atoms with Gasteiger partial charge in [0.1, 0.15) is 5.75 Å². The molecule has 0 saturated carbocycles. The molecule has 1 unspecified atom stereocenters. The van der Waals surface area contributed by atoms with Crippen molar-refractivity contribution in [3.05, 3.63) is 22.2 Å². The Kier molecular flexibility index (Phi) is 4.22. The number of anilines is 1. The average molecular weight is 330 g/mol. The van der Waals surface area contributed by atoms with Crippen LogP contribution in [0.15, 0.2) is 16.6 Å². The molecule has 1 saturated heterocycles. The highest BCUT2D eigenvalue weighted by Crippen LogP contribution is 2.37. The molecule has 1 atom stereocenters. The third-order valence-electron chi connectivity index (χ3n) is 3.21. The molecule has 1 aliphatic heterocycles. The van der Waals surface area contributed by atoms with Crippen LogP contribution in [-0.4, -0.2) is 25.3 Å². The van der Waals surface area contributed by atoms with Crippen molar-refractivity contribution in [2.45, 2.75) is 13.3 Å². The molecule has 1 aromatic rings. The van der Waals surface area contributed by atoms with Gasteiger partial charge in [0.15, 0.2) is 0 Å². The van der Waals surface area contributed by atoms with Gasteiger partial charge in [-0.3, -0.25) is 4.79 Å². The first-order valence-electron chi connectivity index (χ1n) is 5.82. The summed E-state index contributed by atoms with van der Waals surface area (Å²) in [5.41, 5.74) is 1.94. The van der Waals surface area contributed by atoms with E-state index in [1.807, 2.05) is 19.1 Å².